The minimum Gasteiger partial charge on any atom is -0.510 e. The minimum absolute atomic E-state index is 0.0838. The number of nitrogens with one attached hydrogen (secondary N) is 1. The van der Waals surface area contributed by atoms with E-state index in [2.05, 4.69) is 73.4 Å². The fourth-order valence-corrected chi connectivity index (χ4v) is 10.2. The number of methoxy groups -OCH3 is 1. The van der Waals surface area contributed by atoms with Gasteiger partial charge in [0.15, 0.2) is 0 Å². The first-order valence-electron chi connectivity index (χ1n) is 24.1. The molecule has 0 spiro atoms. The van der Waals surface area contributed by atoms with Crippen molar-refractivity contribution in [1.29, 1.82) is 0 Å². The van der Waals surface area contributed by atoms with Gasteiger partial charge in [-0.1, -0.05) is 105 Å². The second kappa shape index (κ2) is 21.3. The summed E-state index contributed by atoms with van der Waals surface area (Å²) in [6.45, 7) is 26.2. The van der Waals surface area contributed by atoms with Crippen LogP contribution in [-0.4, -0.2) is 47.9 Å². The highest BCUT2D eigenvalue weighted by molar-refractivity contribution is 6.24. The predicted octanol–water partition coefficient (Wildman–Crippen LogP) is 13.0. The Morgan fingerprint density at radius 3 is 2.19 bits per heavy atom. The number of aliphatic imine (C=N–C) groups is 3. The zero-order valence-corrected chi connectivity index (χ0v) is 40.7. The van der Waals surface area contributed by atoms with E-state index in [-0.39, 0.29) is 36.6 Å². The normalized spacial score (nSPS) is 22.8. The number of hydrogen-bond donors (Lipinski definition) is 2. The average Bonchev–Trinajstić information content (AvgIpc) is 3.99. The minimum atomic E-state index is -1.08. The van der Waals surface area contributed by atoms with Crippen LogP contribution < -0.4 is 5.32 Å². The fourth-order valence-electron chi connectivity index (χ4n) is 10.2. The monoisotopic (exact) mass is 871 g/mol. The molecule has 344 valence electrons. The van der Waals surface area contributed by atoms with Crippen LogP contribution in [-0.2, 0) is 19.1 Å². The zero-order valence-electron chi connectivity index (χ0n) is 40.7. The standard InChI is InChI=1S/C55H74N4O5/c1-13-39-35(8)42-28-44-37(10)41(24-25-48(60)64-27-26-34(7)23-17-22-33(6)21-16-20-32(5)19-15-18-31(3)4)52(58-44)50-51(55(62)63-12)54(61)49-38(11)45(59-53(49)50)30-47-40(14-2)36(9)43(57-47)29-46(39)56-42/h13,26,28-33,37,41,51,58,61H,1,14-25,27H2,2-12H3/b34-26+,44-28?,46-29?,47-30?,52-50?/t32-,33-,37+,41+,51-/m0/s1. The summed E-state index contributed by atoms with van der Waals surface area (Å²) in [5.74, 6) is -0.0182. The molecular formula is C55H74N4O5. The number of aliphatic hydroxyl groups is 1. The third kappa shape index (κ3) is 10.6. The molecule has 0 aromatic heterocycles. The lowest BCUT2D eigenvalue weighted by molar-refractivity contribution is -0.144. The summed E-state index contributed by atoms with van der Waals surface area (Å²) in [6.07, 6.45) is 22.7. The Morgan fingerprint density at radius 1 is 0.875 bits per heavy atom. The molecule has 0 aromatic carbocycles. The molecule has 0 saturated carbocycles. The molecule has 1 fully saturated rings. The number of rotatable bonds is 20. The largest absolute Gasteiger partial charge is 0.510 e. The fraction of sp³-hybridized carbons (Fsp3) is 0.545. The summed E-state index contributed by atoms with van der Waals surface area (Å²) >= 11 is 0. The van der Waals surface area contributed by atoms with Crippen molar-refractivity contribution in [2.45, 2.75) is 146 Å². The molecule has 8 bridgehead atoms. The Hall–Kier alpha value is -5.05. The Labute approximate surface area is 383 Å². The van der Waals surface area contributed by atoms with Crippen molar-refractivity contribution < 1.29 is 24.2 Å². The van der Waals surface area contributed by atoms with Crippen LogP contribution in [0.4, 0.5) is 0 Å². The Morgan fingerprint density at radius 2 is 1.53 bits per heavy atom. The summed E-state index contributed by atoms with van der Waals surface area (Å²) in [5.41, 5.74) is 13.3. The van der Waals surface area contributed by atoms with Gasteiger partial charge < -0.3 is 19.9 Å². The highest BCUT2D eigenvalue weighted by atomic mass is 16.5. The van der Waals surface area contributed by atoms with Crippen molar-refractivity contribution in [3.05, 3.63) is 116 Å². The van der Waals surface area contributed by atoms with Gasteiger partial charge in [0.2, 0.25) is 0 Å². The topological polar surface area (TPSA) is 122 Å². The van der Waals surface area contributed by atoms with Gasteiger partial charge in [-0.2, -0.15) is 0 Å². The van der Waals surface area contributed by atoms with Crippen LogP contribution in [0.25, 0.3) is 0 Å². The molecule has 2 N–H and O–H groups in total. The second-order valence-corrected chi connectivity index (χ2v) is 19.5. The molecular weight excluding hydrogens is 797 g/mol. The number of nitrogens with zero attached hydrogens (tertiary/aromatic N) is 3. The van der Waals surface area contributed by atoms with Crippen molar-refractivity contribution >= 4 is 29.1 Å². The Balaban J connectivity index is 1.20. The third-order valence-electron chi connectivity index (χ3n) is 14.3. The quantitative estimate of drug-likeness (QED) is 0.0928. The molecule has 0 aromatic rings. The smallest absolute Gasteiger partial charge is 0.321 e. The van der Waals surface area contributed by atoms with E-state index >= 15 is 0 Å². The molecule has 5 heterocycles. The molecule has 6 rings (SSSR count). The van der Waals surface area contributed by atoms with Gasteiger partial charge >= 0.3 is 11.9 Å². The maximum Gasteiger partial charge on any atom is 0.321 e. The van der Waals surface area contributed by atoms with Gasteiger partial charge in [-0.15, -0.1) is 0 Å². The van der Waals surface area contributed by atoms with Crippen LogP contribution in [0.3, 0.4) is 0 Å². The molecule has 1 saturated heterocycles. The highest BCUT2D eigenvalue weighted by Gasteiger charge is 2.49. The number of aliphatic hydroxyl groups excluding tert-OH is 1. The molecule has 5 atom stereocenters. The Bertz CT molecular complexity index is 2300. The van der Waals surface area contributed by atoms with Gasteiger partial charge in [0.05, 0.1) is 41.3 Å². The number of esters is 2. The van der Waals surface area contributed by atoms with Crippen LogP contribution in [0.15, 0.2) is 131 Å². The molecule has 6 aliphatic rings. The number of carbonyl (C=O) groups excluding carboxylic acids is 2. The first kappa shape index (κ1) is 48.4. The third-order valence-corrected chi connectivity index (χ3v) is 14.3. The van der Waals surface area contributed by atoms with Crippen molar-refractivity contribution in [2.24, 2.45) is 50.5 Å². The SMILES string of the molecule is C=CC1=C(C)C2=NC1=CC1=NC(=CC3=C(C)C4=C(O)[C@@H](C(=O)OC)C(=C5NC(=C2)[C@H](C)[C@H]5CCC(=O)OC/C=C(\C)CCC[C@@H](C)CCC[C@@H](C)CCCC(C)C)C4=N3)C(CC)=C1C. The predicted molar refractivity (Wildman–Crippen MR) is 262 cm³/mol. The summed E-state index contributed by atoms with van der Waals surface area (Å²) in [5, 5.41) is 15.6. The second-order valence-electron chi connectivity index (χ2n) is 19.5. The highest BCUT2D eigenvalue weighted by Crippen LogP contribution is 2.49. The van der Waals surface area contributed by atoms with Crippen molar-refractivity contribution in [3.63, 3.8) is 0 Å². The summed E-state index contributed by atoms with van der Waals surface area (Å²) in [6, 6.07) is 0. The molecule has 64 heavy (non-hydrogen) atoms. The van der Waals surface area contributed by atoms with Gasteiger partial charge in [0.25, 0.3) is 0 Å². The van der Waals surface area contributed by atoms with E-state index in [0.717, 1.165) is 99.1 Å². The lowest BCUT2D eigenvalue weighted by Crippen LogP contribution is -2.25. The molecule has 0 amide bonds. The Kier molecular flexibility index (Phi) is 16.1. The van der Waals surface area contributed by atoms with E-state index in [1.54, 1.807) is 0 Å². The lowest BCUT2D eigenvalue weighted by atomic mass is 9.84. The molecule has 9 heteroatoms. The van der Waals surface area contributed by atoms with Gasteiger partial charge in [-0.25, -0.2) is 15.0 Å². The molecule has 9 nitrogen and oxygen atoms in total. The number of allylic oxidation sites excluding steroid dienone is 12. The summed E-state index contributed by atoms with van der Waals surface area (Å²) in [7, 11) is 1.33. The van der Waals surface area contributed by atoms with E-state index in [1.165, 1.54) is 57.6 Å². The summed E-state index contributed by atoms with van der Waals surface area (Å²) < 4.78 is 11.1. The summed E-state index contributed by atoms with van der Waals surface area (Å²) in [4.78, 5) is 42.4. The number of ether oxygens (including phenoxy) is 2. The van der Waals surface area contributed by atoms with E-state index in [4.69, 9.17) is 24.5 Å². The average molecular weight is 871 g/mol. The van der Waals surface area contributed by atoms with E-state index in [9.17, 15) is 14.7 Å². The molecule has 1 aliphatic carbocycles. The van der Waals surface area contributed by atoms with Crippen LogP contribution in [0.5, 0.6) is 0 Å². The van der Waals surface area contributed by atoms with Crippen LogP contribution >= 0.6 is 0 Å². The first-order valence-corrected chi connectivity index (χ1v) is 24.1. The van der Waals surface area contributed by atoms with Crippen molar-refractivity contribution in [1.82, 2.24) is 5.32 Å². The first-order chi connectivity index (χ1) is 30.6. The maximum absolute atomic E-state index is 13.6. The number of carbonyl (C=O) groups is 2. The molecule has 0 radical (unpaired) electrons. The van der Waals surface area contributed by atoms with E-state index in [1.807, 2.05) is 38.2 Å². The van der Waals surface area contributed by atoms with Crippen molar-refractivity contribution in [2.75, 3.05) is 13.7 Å². The zero-order chi connectivity index (χ0) is 46.4. The lowest BCUT2D eigenvalue weighted by Gasteiger charge is -2.20. The van der Waals surface area contributed by atoms with Gasteiger partial charge in [0.1, 0.15) is 18.3 Å². The number of hydrogen-bond acceptors (Lipinski definition) is 9. The maximum atomic E-state index is 13.6. The van der Waals surface area contributed by atoms with Gasteiger partial charge in [-0.3, -0.25) is 9.59 Å². The van der Waals surface area contributed by atoms with Crippen molar-refractivity contribution in [3.8, 4) is 0 Å². The van der Waals surface area contributed by atoms with Crippen LogP contribution in [0.1, 0.15) is 146 Å². The van der Waals surface area contributed by atoms with Crippen LogP contribution in [0.2, 0.25) is 0 Å². The molecule has 5 aliphatic heterocycles. The van der Waals surface area contributed by atoms with Crippen LogP contribution in [0, 0.1) is 35.5 Å². The van der Waals surface area contributed by atoms with Gasteiger partial charge in [0, 0.05) is 46.4 Å². The molecule has 0 unspecified atom stereocenters. The van der Waals surface area contributed by atoms with Gasteiger partial charge in [-0.05, 0) is 118 Å². The number of fused-ring (bicyclic) bond motifs is 5. The van der Waals surface area contributed by atoms with E-state index in [0.29, 0.717) is 29.0 Å². The van der Waals surface area contributed by atoms with E-state index < -0.39 is 11.9 Å².